The molecule has 0 radical (unpaired) electrons. The Labute approximate surface area is 153 Å². The lowest BCUT2D eigenvalue weighted by Crippen LogP contribution is -2.50. The number of nitrogens with zero attached hydrogens (tertiary/aromatic N) is 1. The van der Waals surface area contributed by atoms with E-state index in [4.69, 9.17) is 0 Å². The van der Waals surface area contributed by atoms with Crippen molar-refractivity contribution < 1.29 is 17.6 Å². The fraction of sp³-hybridized carbons (Fsp3) is 0.632. The molecule has 2 aliphatic heterocycles. The summed E-state index contributed by atoms with van der Waals surface area (Å²) in [6, 6.07) is 6.53. The molecular formula is C19H25FN2O3S. The highest BCUT2D eigenvalue weighted by molar-refractivity contribution is 7.91. The van der Waals surface area contributed by atoms with Gasteiger partial charge in [-0.1, -0.05) is 12.1 Å². The molecule has 2 saturated heterocycles. The van der Waals surface area contributed by atoms with Gasteiger partial charge in [0.05, 0.1) is 16.9 Å². The fourth-order valence-electron chi connectivity index (χ4n) is 4.34. The quantitative estimate of drug-likeness (QED) is 0.862. The summed E-state index contributed by atoms with van der Waals surface area (Å²) in [5.74, 6) is 0.337. The third-order valence-corrected chi connectivity index (χ3v) is 7.92. The second kappa shape index (κ2) is 6.60. The van der Waals surface area contributed by atoms with Crippen LogP contribution in [0, 0.1) is 5.82 Å². The number of hydrogen-bond donors (Lipinski definition) is 1. The number of amides is 1. The smallest absolute Gasteiger partial charge is 0.230 e. The Bertz CT molecular complexity index is 782. The highest BCUT2D eigenvalue weighted by atomic mass is 32.2. The Kier molecular flexibility index (Phi) is 4.55. The van der Waals surface area contributed by atoms with Crippen molar-refractivity contribution in [2.24, 2.45) is 0 Å². The van der Waals surface area contributed by atoms with E-state index in [2.05, 4.69) is 10.2 Å². The average Bonchev–Trinajstić information content (AvgIpc) is 3.35. The van der Waals surface area contributed by atoms with E-state index >= 15 is 0 Å². The molecule has 1 aromatic rings. The summed E-state index contributed by atoms with van der Waals surface area (Å²) < 4.78 is 36.5. The highest BCUT2D eigenvalue weighted by Crippen LogP contribution is 2.48. The van der Waals surface area contributed by atoms with Gasteiger partial charge in [-0.3, -0.25) is 9.69 Å². The third kappa shape index (κ3) is 3.51. The van der Waals surface area contributed by atoms with Crippen LogP contribution in [0.15, 0.2) is 24.3 Å². The Hall–Kier alpha value is -1.47. The van der Waals surface area contributed by atoms with Gasteiger partial charge in [0.1, 0.15) is 5.82 Å². The first kappa shape index (κ1) is 17.9. The van der Waals surface area contributed by atoms with Gasteiger partial charge in [0, 0.05) is 25.2 Å². The van der Waals surface area contributed by atoms with Gasteiger partial charge < -0.3 is 5.32 Å². The normalized spacial score (nSPS) is 28.0. The molecule has 0 bridgehead atoms. The number of nitrogens with one attached hydrogen (secondary N) is 1. The minimum absolute atomic E-state index is 0.0472. The van der Waals surface area contributed by atoms with Crippen LogP contribution in [0.1, 0.15) is 37.7 Å². The molecule has 0 aromatic heterocycles. The van der Waals surface area contributed by atoms with Crippen molar-refractivity contribution >= 4 is 15.7 Å². The van der Waals surface area contributed by atoms with Gasteiger partial charge in [-0.2, -0.15) is 0 Å². The lowest BCUT2D eigenvalue weighted by atomic mass is 9.93. The van der Waals surface area contributed by atoms with Gasteiger partial charge >= 0.3 is 0 Å². The number of benzene rings is 1. The molecule has 5 nitrogen and oxygen atoms in total. The SMILES string of the molecule is O=C(NC1CCN([C@H]2CCS(=O)(=O)C2)CC1)C1(c2ccc(F)cc2)CC1. The molecule has 0 unspecified atom stereocenters. The highest BCUT2D eigenvalue weighted by Gasteiger charge is 2.51. The minimum Gasteiger partial charge on any atom is -0.353 e. The van der Waals surface area contributed by atoms with E-state index in [0.717, 1.165) is 50.8 Å². The zero-order valence-corrected chi connectivity index (χ0v) is 15.6. The molecule has 0 spiro atoms. The summed E-state index contributed by atoms with van der Waals surface area (Å²) in [5, 5.41) is 3.18. The number of rotatable bonds is 4. The topological polar surface area (TPSA) is 66.5 Å². The second-order valence-corrected chi connectivity index (χ2v) is 10.2. The number of carbonyl (C=O) groups is 1. The molecule has 1 aromatic carbocycles. The number of carbonyl (C=O) groups excluding carboxylic acids is 1. The van der Waals surface area contributed by atoms with Crippen molar-refractivity contribution in [2.45, 2.75) is 49.6 Å². The molecular weight excluding hydrogens is 355 g/mol. The maximum Gasteiger partial charge on any atom is 0.230 e. The predicted octanol–water partition coefficient (Wildman–Crippen LogP) is 1.62. The van der Waals surface area contributed by atoms with Gasteiger partial charge in [0.2, 0.25) is 5.91 Å². The van der Waals surface area contributed by atoms with E-state index in [1.165, 1.54) is 12.1 Å². The van der Waals surface area contributed by atoms with Gasteiger partial charge in [0.25, 0.3) is 0 Å². The van der Waals surface area contributed by atoms with Crippen LogP contribution in [0.3, 0.4) is 0 Å². The number of halogens is 1. The maximum atomic E-state index is 13.1. The largest absolute Gasteiger partial charge is 0.353 e. The molecule has 1 aliphatic carbocycles. The molecule has 1 saturated carbocycles. The van der Waals surface area contributed by atoms with Crippen molar-refractivity contribution in [3.8, 4) is 0 Å². The molecule has 1 atom stereocenters. The van der Waals surface area contributed by atoms with Crippen LogP contribution in [0.2, 0.25) is 0 Å². The van der Waals surface area contributed by atoms with Crippen molar-refractivity contribution in [1.29, 1.82) is 0 Å². The van der Waals surface area contributed by atoms with Gasteiger partial charge in [-0.05, 0) is 49.8 Å². The summed E-state index contributed by atoms with van der Waals surface area (Å²) in [5.41, 5.74) is 0.412. The van der Waals surface area contributed by atoms with Gasteiger partial charge in [-0.25, -0.2) is 12.8 Å². The Balaban J connectivity index is 1.32. The summed E-state index contributed by atoms with van der Waals surface area (Å²) in [4.78, 5) is 15.1. The molecule has 1 amide bonds. The van der Waals surface area contributed by atoms with E-state index in [1.807, 2.05) is 0 Å². The van der Waals surface area contributed by atoms with Gasteiger partial charge in [0.15, 0.2) is 9.84 Å². The molecule has 3 aliphatic rings. The molecule has 4 rings (SSSR count). The van der Waals surface area contributed by atoms with Crippen LogP contribution in [-0.2, 0) is 20.0 Å². The summed E-state index contributed by atoms with van der Waals surface area (Å²) in [6.07, 6.45) is 4.04. The standard InChI is InChI=1S/C19H25FN2O3S/c20-15-3-1-14(2-4-15)19(8-9-19)18(23)21-16-5-10-22(11-6-16)17-7-12-26(24,25)13-17/h1-4,16-17H,5-13H2,(H,21,23)/t17-/m0/s1. The Morgan fingerprint density at radius 2 is 1.77 bits per heavy atom. The second-order valence-electron chi connectivity index (χ2n) is 7.93. The van der Waals surface area contributed by atoms with E-state index in [-0.39, 0.29) is 29.6 Å². The first-order valence-corrected chi connectivity index (χ1v) is 11.2. The molecule has 1 N–H and O–H groups in total. The van der Waals surface area contributed by atoms with Crippen LogP contribution in [0.4, 0.5) is 4.39 Å². The number of piperidine rings is 1. The van der Waals surface area contributed by atoms with E-state index < -0.39 is 15.3 Å². The maximum absolute atomic E-state index is 13.1. The first-order valence-electron chi connectivity index (χ1n) is 9.39. The van der Waals surface area contributed by atoms with Crippen LogP contribution in [0.5, 0.6) is 0 Å². The lowest BCUT2D eigenvalue weighted by molar-refractivity contribution is -0.124. The van der Waals surface area contributed by atoms with Crippen molar-refractivity contribution in [1.82, 2.24) is 10.2 Å². The Morgan fingerprint density at radius 1 is 1.12 bits per heavy atom. The Morgan fingerprint density at radius 3 is 2.31 bits per heavy atom. The van der Waals surface area contributed by atoms with E-state index in [0.29, 0.717) is 5.75 Å². The van der Waals surface area contributed by atoms with Gasteiger partial charge in [-0.15, -0.1) is 0 Å². The van der Waals surface area contributed by atoms with Crippen LogP contribution >= 0.6 is 0 Å². The molecule has 142 valence electrons. The molecule has 26 heavy (non-hydrogen) atoms. The predicted molar refractivity (Wildman–Crippen MR) is 97.1 cm³/mol. The molecule has 2 heterocycles. The minimum atomic E-state index is -2.86. The van der Waals surface area contributed by atoms with E-state index in [1.54, 1.807) is 12.1 Å². The third-order valence-electron chi connectivity index (χ3n) is 6.17. The monoisotopic (exact) mass is 380 g/mol. The van der Waals surface area contributed by atoms with Crippen LogP contribution in [0.25, 0.3) is 0 Å². The number of likely N-dealkylation sites (tertiary alicyclic amines) is 1. The zero-order chi connectivity index (χ0) is 18.4. The average molecular weight is 380 g/mol. The first-order chi connectivity index (χ1) is 12.4. The van der Waals surface area contributed by atoms with Crippen LogP contribution in [-0.4, -0.2) is 55.9 Å². The fourth-order valence-corrected chi connectivity index (χ4v) is 6.10. The summed E-state index contributed by atoms with van der Waals surface area (Å²) >= 11 is 0. The van der Waals surface area contributed by atoms with Crippen molar-refractivity contribution in [3.05, 3.63) is 35.6 Å². The number of hydrogen-bond acceptors (Lipinski definition) is 4. The molecule has 3 fully saturated rings. The summed E-state index contributed by atoms with van der Waals surface area (Å²) in [7, 11) is -2.86. The lowest BCUT2D eigenvalue weighted by Gasteiger charge is -2.36. The van der Waals surface area contributed by atoms with Crippen molar-refractivity contribution in [3.63, 3.8) is 0 Å². The van der Waals surface area contributed by atoms with Crippen LogP contribution < -0.4 is 5.32 Å². The zero-order valence-electron chi connectivity index (χ0n) is 14.8. The summed E-state index contributed by atoms with van der Waals surface area (Å²) in [6.45, 7) is 1.66. The van der Waals surface area contributed by atoms with Crippen molar-refractivity contribution in [2.75, 3.05) is 24.6 Å². The molecule has 7 heteroatoms. The van der Waals surface area contributed by atoms with E-state index in [9.17, 15) is 17.6 Å². The number of sulfone groups is 1.